The van der Waals surface area contributed by atoms with Gasteiger partial charge in [-0.2, -0.15) is 0 Å². The van der Waals surface area contributed by atoms with Crippen LogP contribution in [0.5, 0.6) is 11.5 Å². The summed E-state index contributed by atoms with van der Waals surface area (Å²) >= 11 is 0. The third kappa shape index (κ3) is 4.66. The minimum atomic E-state index is -0.106. The molecule has 2 rings (SSSR count). The normalized spacial score (nSPS) is 19.9. The Kier molecular flexibility index (Phi) is 6.15. The first kappa shape index (κ1) is 18.6. The molecule has 1 aliphatic rings. The van der Waals surface area contributed by atoms with Gasteiger partial charge in [-0.3, -0.25) is 0 Å². The molecule has 1 aromatic rings. The monoisotopic (exact) mass is 328 g/mol. The zero-order chi connectivity index (χ0) is 17.7. The Hall–Kier alpha value is -1.70. The van der Waals surface area contributed by atoms with Crippen LogP contribution < -0.4 is 4.74 Å². The third-order valence-corrected chi connectivity index (χ3v) is 5.05. The largest absolute Gasteiger partial charge is 0.508 e. The highest BCUT2D eigenvalue weighted by molar-refractivity contribution is 5.53. The van der Waals surface area contributed by atoms with E-state index in [0.717, 1.165) is 61.0 Å². The molecule has 0 spiro atoms. The van der Waals surface area contributed by atoms with Gasteiger partial charge in [0.15, 0.2) is 0 Å². The van der Waals surface area contributed by atoms with Crippen LogP contribution >= 0.6 is 0 Å². The fourth-order valence-corrected chi connectivity index (χ4v) is 3.24. The van der Waals surface area contributed by atoms with Crippen LogP contribution in [0, 0.1) is 13.8 Å². The van der Waals surface area contributed by atoms with E-state index in [9.17, 15) is 5.11 Å². The van der Waals surface area contributed by atoms with Crippen molar-refractivity contribution < 1.29 is 9.84 Å². The predicted molar refractivity (Wildman–Crippen MR) is 102 cm³/mol. The van der Waals surface area contributed by atoms with Gasteiger partial charge in [-0.05, 0) is 95.9 Å². The Morgan fingerprint density at radius 1 is 1.17 bits per heavy atom. The predicted octanol–water partition coefficient (Wildman–Crippen LogP) is 6.18. The molecule has 0 aliphatic carbocycles. The fraction of sp³-hybridized carbons (Fsp3) is 0.545. The van der Waals surface area contributed by atoms with Gasteiger partial charge >= 0.3 is 0 Å². The van der Waals surface area contributed by atoms with Crippen molar-refractivity contribution in [3.63, 3.8) is 0 Å². The number of hydrogen-bond donors (Lipinski definition) is 1. The molecule has 0 aromatic heterocycles. The molecule has 0 saturated heterocycles. The van der Waals surface area contributed by atoms with Crippen LogP contribution in [0.15, 0.2) is 29.9 Å². The number of aryl methyl sites for hydroxylation is 1. The lowest BCUT2D eigenvalue weighted by Crippen LogP contribution is -2.36. The minimum absolute atomic E-state index is 0.106. The lowest BCUT2D eigenvalue weighted by atomic mass is 9.87. The number of ether oxygens (including phenoxy) is 1. The van der Waals surface area contributed by atoms with Crippen LogP contribution in [0.3, 0.4) is 0 Å². The van der Waals surface area contributed by atoms with Crippen LogP contribution in [0.4, 0.5) is 0 Å². The second-order valence-electron chi connectivity index (χ2n) is 7.55. The van der Waals surface area contributed by atoms with Gasteiger partial charge < -0.3 is 9.84 Å². The fourth-order valence-electron chi connectivity index (χ4n) is 3.24. The van der Waals surface area contributed by atoms with Gasteiger partial charge in [-0.25, -0.2) is 0 Å². The van der Waals surface area contributed by atoms with Gasteiger partial charge in [0, 0.05) is 0 Å². The van der Waals surface area contributed by atoms with Crippen molar-refractivity contribution in [2.24, 2.45) is 0 Å². The molecule has 1 heterocycles. The highest BCUT2D eigenvalue weighted by atomic mass is 16.5. The van der Waals surface area contributed by atoms with Crippen LogP contribution in [-0.2, 0) is 6.42 Å². The van der Waals surface area contributed by atoms with Crippen molar-refractivity contribution in [2.45, 2.75) is 78.7 Å². The molecule has 2 nitrogen and oxygen atoms in total. The maximum Gasteiger partial charge on any atom is 0.126 e. The number of rotatable bonds is 6. The number of aromatic hydroxyl groups is 1. The first-order chi connectivity index (χ1) is 11.3. The molecule has 0 fully saturated rings. The quantitative estimate of drug-likeness (QED) is 0.499. The summed E-state index contributed by atoms with van der Waals surface area (Å²) in [6.07, 6.45) is 13.2. The highest BCUT2D eigenvalue weighted by Gasteiger charge is 2.32. The van der Waals surface area contributed by atoms with Crippen molar-refractivity contribution in [2.75, 3.05) is 0 Å². The highest BCUT2D eigenvalue weighted by Crippen LogP contribution is 2.41. The van der Waals surface area contributed by atoms with Gasteiger partial charge in [0.05, 0.1) is 0 Å². The molecular weight excluding hydrogens is 296 g/mol. The van der Waals surface area contributed by atoms with E-state index in [-0.39, 0.29) is 5.60 Å². The number of phenols is 1. The van der Waals surface area contributed by atoms with Crippen molar-refractivity contribution in [1.82, 2.24) is 0 Å². The van der Waals surface area contributed by atoms with Gasteiger partial charge in [-0.1, -0.05) is 23.8 Å². The molecule has 1 aromatic carbocycles. The first-order valence-corrected chi connectivity index (χ1v) is 9.12. The Bertz CT molecular complexity index is 636. The van der Waals surface area contributed by atoms with E-state index in [4.69, 9.17) is 4.74 Å². The molecule has 132 valence electrons. The molecule has 0 saturated carbocycles. The summed E-state index contributed by atoms with van der Waals surface area (Å²) in [5.74, 6) is 1.38. The summed E-state index contributed by atoms with van der Waals surface area (Å²) in [5, 5.41) is 10.00. The van der Waals surface area contributed by atoms with Crippen LogP contribution in [0.1, 0.15) is 69.6 Å². The first-order valence-electron chi connectivity index (χ1n) is 9.12. The zero-order valence-electron chi connectivity index (χ0n) is 15.9. The summed E-state index contributed by atoms with van der Waals surface area (Å²) in [6, 6.07) is 1.88. The number of hydrogen-bond acceptors (Lipinski definition) is 2. The van der Waals surface area contributed by atoms with Gasteiger partial charge in [0.25, 0.3) is 0 Å². The third-order valence-electron chi connectivity index (χ3n) is 5.05. The Balaban J connectivity index is 1.92. The summed E-state index contributed by atoms with van der Waals surface area (Å²) in [7, 11) is 0. The van der Waals surface area contributed by atoms with Crippen molar-refractivity contribution in [3.05, 3.63) is 46.6 Å². The summed E-state index contributed by atoms with van der Waals surface area (Å²) in [6.45, 7) is 10.5. The molecule has 1 atom stereocenters. The standard InChI is InChI=1S/C22H32O2/c1-16(2)11-9-7-6-8-10-13-22(5)14-12-19-15-20(23)17(3)18(4)21(19)24-22/h6,8,11,15,23H,7,9-10,12-14H2,1-5H3/b8-6+. The van der Waals surface area contributed by atoms with E-state index in [1.54, 1.807) is 0 Å². The Morgan fingerprint density at radius 2 is 1.88 bits per heavy atom. The number of benzene rings is 1. The van der Waals surface area contributed by atoms with E-state index in [1.807, 2.05) is 19.9 Å². The second kappa shape index (κ2) is 7.92. The van der Waals surface area contributed by atoms with E-state index in [2.05, 4.69) is 39.0 Å². The Labute approximate surface area is 147 Å². The summed E-state index contributed by atoms with van der Waals surface area (Å²) in [5.41, 5.74) is 4.43. The van der Waals surface area contributed by atoms with Crippen LogP contribution in [-0.4, -0.2) is 10.7 Å². The summed E-state index contributed by atoms with van der Waals surface area (Å²) in [4.78, 5) is 0. The van der Waals surface area contributed by atoms with E-state index in [0.29, 0.717) is 5.75 Å². The van der Waals surface area contributed by atoms with E-state index in [1.165, 1.54) is 5.57 Å². The number of phenolic OH excluding ortho intramolecular Hbond substituents is 1. The molecule has 0 bridgehead atoms. The maximum atomic E-state index is 10.00. The molecule has 0 radical (unpaired) electrons. The average molecular weight is 328 g/mol. The Morgan fingerprint density at radius 3 is 2.58 bits per heavy atom. The SMILES string of the molecule is CC(C)=CCC/C=C/CCC1(C)CCc2cc(O)c(C)c(C)c2O1. The average Bonchev–Trinajstić information content (AvgIpc) is 2.53. The molecule has 1 unspecified atom stereocenters. The van der Waals surface area contributed by atoms with Gasteiger partial charge in [-0.15, -0.1) is 0 Å². The number of unbranched alkanes of at least 4 members (excludes halogenated alkanes) is 1. The summed E-state index contributed by atoms with van der Waals surface area (Å²) < 4.78 is 6.39. The van der Waals surface area contributed by atoms with Crippen molar-refractivity contribution in [1.29, 1.82) is 0 Å². The van der Waals surface area contributed by atoms with Crippen molar-refractivity contribution in [3.8, 4) is 11.5 Å². The van der Waals surface area contributed by atoms with Gasteiger partial charge in [0.2, 0.25) is 0 Å². The van der Waals surface area contributed by atoms with E-state index < -0.39 is 0 Å². The molecule has 1 aliphatic heterocycles. The number of fused-ring (bicyclic) bond motifs is 1. The number of allylic oxidation sites excluding steroid dienone is 4. The topological polar surface area (TPSA) is 29.5 Å². The second-order valence-corrected chi connectivity index (χ2v) is 7.55. The molecule has 1 N–H and O–H groups in total. The van der Waals surface area contributed by atoms with Crippen molar-refractivity contribution >= 4 is 0 Å². The molecule has 24 heavy (non-hydrogen) atoms. The minimum Gasteiger partial charge on any atom is -0.508 e. The van der Waals surface area contributed by atoms with Gasteiger partial charge in [0.1, 0.15) is 17.1 Å². The lowest BCUT2D eigenvalue weighted by Gasteiger charge is -2.37. The smallest absolute Gasteiger partial charge is 0.126 e. The van der Waals surface area contributed by atoms with Crippen LogP contribution in [0.2, 0.25) is 0 Å². The molecule has 0 amide bonds. The maximum absolute atomic E-state index is 10.00. The van der Waals surface area contributed by atoms with Crippen LogP contribution in [0.25, 0.3) is 0 Å². The van der Waals surface area contributed by atoms with E-state index >= 15 is 0 Å². The molecule has 2 heteroatoms. The molecular formula is C22H32O2. The lowest BCUT2D eigenvalue weighted by molar-refractivity contribution is 0.0561. The zero-order valence-corrected chi connectivity index (χ0v) is 15.9.